The van der Waals surface area contributed by atoms with E-state index in [0.717, 1.165) is 16.6 Å². The zero-order valence-corrected chi connectivity index (χ0v) is 14.9. The Hall–Kier alpha value is -2.80. The van der Waals surface area contributed by atoms with Crippen molar-refractivity contribution in [2.45, 2.75) is 13.0 Å². The van der Waals surface area contributed by atoms with E-state index < -0.39 is 10.0 Å². The number of nitrogens with zero attached hydrogens (tertiary/aromatic N) is 1. The standard InChI is InChI=1S/C19H19N3O3S/c23-19(20-13-16-12-15-4-1-2-5-18(15)21-16)14-6-8-17(9-7-14)22-10-3-11-26(22,24)25/h1-2,4-9,12,21H,3,10-11,13H2,(H,20,23). The summed E-state index contributed by atoms with van der Waals surface area (Å²) in [5.41, 5.74) is 3.07. The largest absolute Gasteiger partial charge is 0.357 e. The van der Waals surface area contributed by atoms with Gasteiger partial charge in [0.2, 0.25) is 10.0 Å². The van der Waals surface area contributed by atoms with Crippen LogP contribution in [0.5, 0.6) is 0 Å². The van der Waals surface area contributed by atoms with E-state index in [2.05, 4.69) is 10.3 Å². The van der Waals surface area contributed by atoms with Crippen molar-refractivity contribution >= 4 is 32.5 Å². The van der Waals surface area contributed by atoms with Crippen LogP contribution in [0.25, 0.3) is 10.9 Å². The minimum Gasteiger partial charge on any atom is -0.357 e. The predicted octanol–water partition coefficient (Wildman–Crippen LogP) is 2.64. The summed E-state index contributed by atoms with van der Waals surface area (Å²) in [6, 6.07) is 16.6. The van der Waals surface area contributed by atoms with Gasteiger partial charge in [-0.05, 0) is 48.2 Å². The van der Waals surface area contributed by atoms with Gasteiger partial charge in [0, 0.05) is 23.3 Å². The smallest absolute Gasteiger partial charge is 0.251 e. The summed E-state index contributed by atoms with van der Waals surface area (Å²) in [7, 11) is -3.20. The number of hydrogen-bond acceptors (Lipinski definition) is 3. The summed E-state index contributed by atoms with van der Waals surface area (Å²) in [4.78, 5) is 15.6. The van der Waals surface area contributed by atoms with Crippen molar-refractivity contribution in [2.24, 2.45) is 0 Å². The second-order valence-electron chi connectivity index (χ2n) is 6.35. The van der Waals surface area contributed by atoms with Gasteiger partial charge in [-0.15, -0.1) is 0 Å². The molecule has 2 heterocycles. The molecule has 26 heavy (non-hydrogen) atoms. The molecule has 0 spiro atoms. The van der Waals surface area contributed by atoms with E-state index in [1.165, 1.54) is 4.31 Å². The number of nitrogens with one attached hydrogen (secondary N) is 2. The number of fused-ring (bicyclic) bond motifs is 1. The Balaban J connectivity index is 1.43. The van der Waals surface area contributed by atoms with Gasteiger partial charge in [-0.25, -0.2) is 8.42 Å². The van der Waals surface area contributed by atoms with Gasteiger partial charge in [-0.2, -0.15) is 0 Å². The molecule has 7 heteroatoms. The number of para-hydroxylation sites is 1. The molecule has 6 nitrogen and oxygen atoms in total. The fraction of sp³-hybridized carbons (Fsp3) is 0.211. The maximum atomic E-state index is 12.3. The Morgan fingerprint density at radius 2 is 1.88 bits per heavy atom. The van der Waals surface area contributed by atoms with E-state index in [9.17, 15) is 13.2 Å². The van der Waals surface area contributed by atoms with Crippen LogP contribution in [0, 0.1) is 0 Å². The third-order valence-corrected chi connectivity index (χ3v) is 6.41. The van der Waals surface area contributed by atoms with Crippen molar-refractivity contribution in [1.29, 1.82) is 0 Å². The number of aromatic nitrogens is 1. The number of rotatable bonds is 4. The van der Waals surface area contributed by atoms with E-state index in [1.807, 2.05) is 30.3 Å². The molecule has 1 aliphatic heterocycles. The molecule has 1 amide bonds. The molecule has 0 atom stereocenters. The molecule has 0 bridgehead atoms. The first-order chi connectivity index (χ1) is 12.5. The Morgan fingerprint density at radius 1 is 1.12 bits per heavy atom. The third kappa shape index (κ3) is 3.17. The van der Waals surface area contributed by atoms with Crippen molar-refractivity contribution in [3.05, 3.63) is 65.9 Å². The summed E-state index contributed by atoms with van der Waals surface area (Å²) in [6.07, 6.45) is 0.634. The van der Waals surface area contributed by atoms with Gasteiger partial charge in [0.15, 0.2) is 0 Å². The van der Waals surface area contributed by atoms with Gasteiger partial charge in [-0.1, -0.05) is 18.2 Å². The molecule has 0 radical (unpaired) electrons. The lowest BCUT2D eigenvalue weighted by atomic mass is 10.2. The van der Waals surface area contributed by atoms with Crippen LogP contribution in [0.2, 0.25) is 0 Å². The van der Waals surface area contributed by atoms with Crippen molar-refractivity contribution in [3.8, 4) is 0 Å². The monoisotopic (exact) mass is 369 g/mol. The van der Waals surface area contributed by atoms with Crippen LogP contribution in [-0.2, 0) is 16.6 Å². The number of benzene rings is 2. The van der Waals surface area contributed by atoms with Crippen molar-refractivity contribution < 1.29 is 13.2 Å². The molecule has 0 saturated carbocycles. The second kappa shape index (κ2) is 6.49. The fourth-order valence-electron chi connectivity index (χ4n) is 3.21. The first-order valence-electron chi connectivity index (χ1n) is 8.48. The first-order valence-corrected chi connectivity index (χ1v) is 10.1. The van der Waals surface area contributed by atoms with Gasteiger partial charge in [0.25, 0.3) is 5.91 Å². The number of aromatic amines is 1. The third-order valence-electron chi connectivity index (χ3n) is 4.54. The highest BCUT2D eigenvalue weighted by atomic mass is 32.2. The summed E-state index contributed by atoms with van der Waals surface area (Å²) in [5.74, 6) is -0.0146. The van der Waals surface area contributed by atoms with Crippen LogP contribution in [0.4, 0.5) is 5.69 Å². The molecule has 2 N–H and O–H groups in total. The lowest BCUT2D eigenvalue weighted by Gasteiger charge is -2.17. The number of carbonyl (C=O) groups is 1. The number of sulfonamides is 1. The molecule has 3 aromatic rings. The molecule has 0 unspecified atom stereocenters. The molecule has 2 aromatic carbocycles. The minimum absolute atomic E-state index is 0.180. The minimum atomic E-state index is -3.20. The van der Waals surface area contributed by atoms with Crippen LogP contribution in [-0.4, -0.2) is 31.6 Å². The second-order valence-corrected chi connectivity index (χ2v) is 8.37. The van der Waals surface area contributed by atoms with E-state index in [0.29, 0.717) is 30.8 Å². The van der Waals surface area contributed by atoms with E-state index in [-0.39, 0.29) is 11.7 Å². The highest BCUT2D eigenvalue weighted by Crippen LogP contribution is 2.24. The fourth-order valence-corrected chi connectivity index (χ4v) is 4.78. The lowest BCUT2D eigenvalue weighted by molar-refractivity contribution is 0.0950. The first kappa shape index (κ1) is 16.7. The zero-order valence-electron chi connectivity index (χ0n) is 14.1. The number of hydrogen-bond donors (Lipinski definition) is 2. The van der Waals surface area contributed by atoms with Crippen LogP contribution in [0.3, 0.4) is 0 Å². The molecule has 1 aliphatic rings. The quantitative estimate of drug-likeness (QED) is 0.742. The normalized spacial score (nSPS) is 16.1. The van der Waals surface area contributed by atoms with Gasteiger partial charge in [0.05, 0.1) is 18.0 Å². The highest BCUT2D eigenvalue weighted by molar-refractivity contribution is 7.93. The van der Waals surface area contributed by atoms with Gasteiger partial charge in [0.1, 0.15) is 0 Å². The number of H-pyrrole nitrogens is 1. The summed E-state index contributed by atoms with van der Waals surface area (Å²) >= 11 is 0. The molecular formula is C19H19N3O3S. The average Bonchev–Trinajstić information content (AvgIpc) is 3.22. The number of amides is 1. The lowest BCUT2D eigenvalue weighted by Crippen LogP contribution is -2.25. The van der Waals surface area contributed by atoms with Crippen molar-refractivity contribution in [1.82, 2.24) is 10.3 Å². The Kier molecular flexibility index (Phi) is 4.16. The van der Waals surface area contributed by atoms with E-state index >= 15 is 0 Å². The zero-order chi connectivity index (χ0) is 18.1. The number of carbonyl (C=O) groups excluding carboxylic acids is 1. The van der Waals surface area contributed by atoms with E-state index in [1.54, 1.807) is 24.3 Å². The molecule has 1 fully saturated rings. The van der Waals surface area contributed by atoms with Crippen molar-refractivity contribution in [3.63, 3.8) is 0 Å². The molecule has 1 saturated heterocycles. The molecule has 134 valence electrons. The maximum Gasteiger partial charge on any atom is 0.251 e. The van der Waals surface area contributed by atoms with Crippen LogP contribution in [0.1, 0.15) is 22.5 Å². The van der Waals surface area contributed by atoms with Gasteiger partial charge >= 0.3 is 0 Å². The maximum absolute atomic E-state index is 12.3. The van der Waals surface area contributed by atoms with Crippen LogP contribution < -0.4 is 9.62 Å². The summed E-state index contributed by atoms with van der Waals surface area (Å²) in [5, 5.41) is 3.98. The van der Waals surface area contributed by atoms with E-state index in [4.69, 9.17) is 0 Å². The SMILES string of the molecule is O=C(NCc1cc2ccccc2[nH]1)c1ccc(N2CCCS2(=O)=O)cc1. The van der Waals surface area contributed by atoms with Crippen LogP contribution in [0.15, 0.2) is 54.6 Å². The summed E-state index contributed by atoms with van der Waals surface area (Å²) in [6.45, 7) is 0.893. The molecule has 4 rings (SSSR count). The number of anilines is 1. The van der Waals surface area contributed by atoms with Crippen LogP contribution >= 0.6 is 0 Å². The van der Waals surface area contributed by atoms with Crippen molar-refractivity contribution in [2.75, 3.05) is 16.6 Å². The molecular weight excluding hydrogens is 350 g/mol. The van der Waals surface area contributed by atoms with Gasteiger partial charge in [-0.3, -0.25) is 9.10 Å². The van der Waals surface area contributed by atoms with Gasteiger partial charge < -0.3 is 10.3 Å². The predicted molar refractivity (Wildman–Crippen MR) is 102 cm³/mol. The summed E-state index contributed by atoms with van der Waals surface area (Å²) < 4.78 is 25.3. The Bertz CT molecular complexity index is 1020. The molecule has 1 aromatic heterocycles. The average molecular weight is 369 g/mol. The topological polar surface area (TPSA) is 82.3 Å². The Labute approximate surface area is 151 Å². The highest BCUT2D eigenvalue weighted by Gasteiger charge is 2.28. The molecule has 0 aliphatic carbocycles. The Morgan fingerprint density at radius 3 is 2.58 bits per heavy atom.